The Hall–Kier alpha value is -2.51. The zero-order chi connectivity index (χ0) is 15.3. The molecule has 0 fully saturated rings. The normalized spacial score (nSPS) is 10.9. The van der Waals surface area contributed by atoms with Crippen molar-refractivity contribution < 1.29 is 32.2 Å². The van der Waals surface area contributed by atoms with Gasteiger partial charge in [-0.3, -0.25) is 0 Å². The van der Waals surface area contributed by atoms with Crippen molar-refractivity contribution in [1.82, 2.24) is 0 Å². The first-order chi connectivity index (χ1) is 9.38. The van der Waals surface area contributed by atoms with Gasteiger partial charge in [-0.25, -0.2) is 22.8 Å². The molecule has 0 radical (unpaired) electrons. The van der Waals surface area contributed by atoms with Crippen LogP contribution in [-0.2, 0) is 19.1 Å². The average Bonchev–Trinajstić information content (AvgIpc) is 2.42. The van der Waals surface area contributed by atoms with E-state index in [0.29, 0.717) is 18.2 Å². The zero-order valence-corrected chi connectivity index (χ0v) is 10.5. The molecule has 1 N–H and O–H groups in total. The van der Waals surface area contributed by atoms with Crippen LogP contribution in [0.4, 0.5) is 18.9 Å². The van der Waals surface area contributed by atoms with E-state index in [1.807, 2.05) is 0 Å². The van der Waals surface area contributed by atoms with Gasteiger partial charge in [0.25, 0.3) is 0 Å². The van der Waals surface area contributed by atoms with E-state index in [9.17, 15) is 22.8 Å². The predicted octanol–water partition coefficient (Wildman–Crippen LogP) is 1.75. The van der Waals surface area contributed by atoms with E-state index in [0.717, 1.165) is 14.2 Å². The van der Waals surface area contributed by atoms with Gasteiger partial charge in [0.05, 0.1) is 26.0 Å². The Bertz CT molecular complexity index is 572. The average molecular weight is 289 g/mol. The molecule has 0 saturated heterocycles. The van der Waals surface area contributed by atoms with Gasteiger partial charge in [-0.1, -0.05) is 0 Å². The van der Waals surface area contributed by atoms with Crippen LogP contribution < -0.4 is 5.32 Å². The second-order valence-corrected chi connectivity index (χ2v) is 3.44. The van der Waals surface area contributed by atoms with Gasteiger partial charge < -0.3 is 14.8 Å². The van der Waals surface area contributed by atoms with Crippen molar-refractivity contribution in [2.75, 3.05) is 19.5 Å². The molecule has 1 rings (SSSR count). The van der Waals surface area contributed by atoms with Crippen molar-refractivity contribution in [2.45, 2.75) is 0 Å². The Morgan fingerprint density at radius 1 is 1.05 bits per heavy atom. The topological polar surface area (TPSA) is 64.6 Å². The minimum atomic E-state index is -1.38. The maximum atomic E-state index is 13.4. The molecule has 0 aliphatic carbocycles. The molecule has 0 aromatic heterocycles. The minimum absolute atomic E-state index is 0.296. The van der Waals surface area contributed by atoms with Gasteiger partial charge in [0.15, 0.2) is 11.6 Å². The van der Waals surface area contributed by atoms with E-state index in [4.69, 9.17) is 0 Å². The summed E-state index contributed by atoms with van der Waals surface area (Å²) in [6.07, 6.45) is 0.687. The zero-order valence-electron chi connectivity index (χ0n) is 10.5. The third-order valence-corrected chi connectivity index (χ3v) is 2.15. The molecule has 0 bridgehead atoms. The summed E-state index contributed by atoms with van der Waals surface area (Å²) in [7, 11) is 2.09. The third-order valence-electron chi connectivity index (χ3n) is 2.15. The number of ether oxygens (including phenoxy) is 2. The highest BCUT2D eigenvalue weighted by Crippen LogP contribution is 2.20. The van der Waals surface area contributed by atoms with Crippen LogP contribution in [0.2, 0.25) is 0 Å². The molecule has 1 aromatic rings. The molecule has 8 heteroatoms. The summed E-state index contributed by atoms with van der Waals surface area (Å²) >= 11 is 0. The molecule has 20 heavy (non-hydrogen) atoms. The van der Waals surface area contributed by atoms with Crippen LogP contribution in [0.15, 0.2) is 23.9 Å². The lowest BCUT2D eigenvalue weighted by Gasteiger charge is -2.10. The summed E-state index contributed by atoms with van der Waals surface area (Å²) in [6, 6.07) is 0.795. The van der Waals surface area contributed by atoms with E-state index in [2.05, 4.69) is 14.8 Å². The Morgan fingerprint density at radius 3 is 2.20 bits per heavy atom. The number of anilines is 1. The monoisotopic (exact) mass is 289 g/mol. The number of methoxy groups -OCH3 is 2. The van der Waals surface area contributed by atoms with Crippen molar-refractivity contribution in [3.8, 4) is 0 Å². The molecule has 0 heterocycles. The van der Waals surface area contributed by atoms with Gasteiger partial charge in [0.2, 0.25) is 0 Å². The quantitative estimate of drug-likeness (QED) is 0.519. The number of hydrogen-bond donors (Lipinski definition) is 1. The second-order valence-electron chi connectivity index (χ2n) is 3.44. The lowest BCUT2D eigenvalue weighted by atomic mass is 10.2. The molecule has 0 atom stereocenters. The van der Waals surface area contributed by atoms with Gasteiger partial charge in [0.1, 0.15) is 11.5 Å². The first-order valence-electron chi connectivity index (χ1n) is 5.18. The van der Waals surface area contributed by atoms with Crippen LogP contribution in [-0.4, -0.2) is 26.2 Å². The number of hydrogen-bond acceptors (Lipinski definition) is 5. The fourth-order valence-electron chi connectivity index (χ4n) is 1.20. The van der Waals surface area contributed by atoms with Crippen LogP contribution in [0.3, 0.4) is 0 Å². The molecule has 0 amide bonds. The highest BCUT2D eigenvalue weighted by molar-refractivity contribution is 5.98. The van der Waals surface area contributed by atoms with Gasteiger partial charge in [0, 0.05) is 12.1 Å². The number of esters is 2. The summed E-state index contributed by atoms with van der Waals surface area (Å²) < 4.78 is 47.8. The first kappa shape index (κ1) is 15.5. The molecule has 0 aliphatic rings. The standard InChI is InChI=1S/C12H10F3NO4/c1-19-11(17)5-10(12(18)20-2)16-9-4-7(14)6(13)3-8(9)15/h3-5,16H,1-2H3/b10-5+. The van der Waals surface area contributed by atoms with Crippen LogP contribution in [0.25, 0.3) is 0 Å². The van der Waals surface area contributed by atoms with Crippen LogP contribution >= 0.6 is 0 Å². The largest absolute Gasteiger partial charge is 0.466 e. The first-order valence-corrected chi connectivity index (χ1v) is 5.18. The minimum Gasteiger partial charge on any atom is -0.466 e. The summed E-state index contributed by atoms with van der Waals surface area (Å²) in [5, 5.41) is 2.14. The van der Waals surface area contributed by atoms with Crippen LogP contribution in [0.1, 0.15) is 0 Å². The van der Waals surface area contributed by atoms with E-state index in [-0.39, 0.29) is 0 Å². The van der Waals surface area contributed by atoms with Crippen molar-refractivity contribution in [2.24, 2.45) is 0 Å². The Labute approximate surface area is 112 Å². The van der Waals surface area contributed by atoms with Crippen LogP contribution in [0, 0.1) is 17.5 Å². The maximum Gasteiger partial charge on any atom is 0.354 e. The highest BCUT2D eigenvalue weighted by atomic mass is 19.2. The molecular formula is C12H10F3NO4. The molecule has 0 spiro atoms. The van der Waals surface area contributed by atoms with Gasteiger partial charge >= 0.3 is 11.9 Å². The second kappa shape index (κ2) is 6.60. The molecule has 0 aliphatic heterocycles. The fraction of sp³-hybridized carbons (Fsp3) is 0.167. The number of benzene rings is 1. The Morgan fingerprint density at radius 2 is 1.65 bits per heavy atom. The summed E-state index contributed by atoms with van der Waals surface area (Å²) in [4.78, 5) is 22.4. The van der Waals surface area contributed by atoms with Crippen molar-refractivity contribution in [3.63, 3.8) is 0 Å². The number of carbonyl (C=O) groups excluding carboxylic acids is 2. The van der Waals surface area contributed by atoms with E-state index in [1.54, 1.807) is 0 Å². The van der Waals surface area contributed by atoms with Crippen LogP contribution in [0.5, 0.6) is 0 Å². The maximum absolute atomic E-state index is 13.4. The third kappa shape index (κ3) is 3.74. The van der Waals surface area contributed by atoms with Crippen molar-refractivity contribution in [3.05, 3.63) is 41.4 Å². The number of rotatable bonds is 4. The molecular weight excluding hydrogens is 279 g/mol. The molecule has 0 unspecified atom stereocenters. The van der Waals surface area contributed by atoms with Crippen molar-refractivity contribution >= 4 is 17.6 Å². The smallest absolute Gasteiger partial charge is 0.354 e. The molecule has 1 aromatic carbocycles. The van der Waals surface area contributed by atoms with E-state index < -0.39 is 40.8 Å². The Balaban J connectivity index is 3.14. The van der Waals surface area contributed by atoms with Gasteiger partial charge in [-0.2, -0.15) is 0 Å². The number of carbonyl (C=O) groups is 2. The van der Waals surface area contributed by atoms with E-state index >= 15 is 0 Å². The van der Waals surface area contributed by atoms with Gasteiger partial charge in [-0.15, -0.1) is 0 Å². The molecule has 5 nitrogen and oxygen atoms in total. The summed E-state index contributed by atoms with van der Waals surface area (Å²) in [5.74, 6) is -5.79. The van der Waals surface area contributed by atoms with E-state index in [1.165, 1.54) is 0 Å². The fourth-order valence-corrected chi connectivity index (χ4v) is 1.20. The molecule has 0 saturated carbocycles. The summed E-state index contributed by atoms with van der Waals surface area (Å²) in [6.45, 7) is 0. The lowest BCUT2D eigenvalue weighted by Crippen LogP contribution is -2.16. The summed E-state index contributed by atoms with van der Waals surface area (Å²) in [5.41, 5.74) is -1.03. The molecule has 108 valence electrons. The predicted molar refractivity (Wildman–Crippen MR) is 62.1 cm³/mol. The Kier molecular flexibility index (Phi) is 5.13. The number of nitrogens with one attached hydrogen (secondary N) is 1. The highest BCUT2D eigenvalue weighted by Gasteiger charge is 2.16. The lowest BCUT2D eigenvalue weighted by molar-refractivity contribution is -0.138. The SMILES string of the molecule is COC(=O)/C=C(/Nc1cc(F)c(F)cc1F)C(=O)OC. The van der Waals surface area contributed by atoms with Crippen molar-refractivity contribution in [1.29, 1.82) is 0 Å². The van der Waals surface area contributed by atoms with Gasteiger partial charge in [-0.05, 0) is 0 Å². The number of halogens is 3.